The van der Waals surface area contributed by atoms with E-state index in [0.29, 0.717) is 12.2 Å². The fourth-order valence-corrected chi connectivity index (χ4v) is 16.0. The lowest BCUT2D eigenvalue weighted by Gasteiger charge is -2.39. The number of rotatable bonds is 16. The molecule has 8 bridgehead atoms. The van der Waals surface area contributed by atoms with E-state index in [2.05, 4.69) is 25.3 Å². The van der Waals surface area contributed by atoms with Gasteiger partial charge >= 0.3 is 0 Å². The first-order chi connectivity index (χ1) is 47.1. The van der Waals surface area contributed by atoms with Crippen LogP contribution in [0.1, 0.15) is 34.6 Å². The molecule has 37 heteroatoms. The first kappa shape index (κ1) is 72.3. The molecule has 13 N–H and O–H groups in total. The van der Waals surface area contributed by atoms with E-state index in [1.807, 2.05) is 0 Å². The molecule has 0 unspecified atom stereocenters. The zero-order chi connectivity index (χ0) is 71.4. The maximum Gasteiger partial charge on any atom is 0.176 e. The highest BCUT2D eigenvalue weighted by atomic mass is 32.2. The normalized spacial score (nSPS) is 23.8. The minimum atomic E-state index is -2.38. The average molecular weight is 1490 g/mol. The van der Waals surface area contributed by atoms with E-state index in [1.165, 1.54) is 0 Å². The van der Waals surface area contributed by atoms with Gasteiger partial charge in [-0.2, -0.15) is 0 Å². The minimum absolute atomic E-state index is 0.0870. The van der Waals surface area contributed by atoms with Gasteiger partial charge in [-0.25, -0.2) is 75.2 Å². The van der Waals surface area contributed by atoms with E-state index in [1.54, 1.807) is 0 Å². The number of aliphatic hydroxyl groups excluding tert-OH is 10. The van der Waals surface area contributed by atoms with Crippen LogP contribution >= 0.6 is 47.0 Å². The lowest BCUT2D eigenvalue weighted by atomic mass is 9.86. The van der Waals surface area contributed by atoms with Crippen LogP contribution in [0.2, 0.25) is 0 Å². The van der Waals surface area contributed by atoms with E-state index >= 15 is 70.2 Å². The van der Waals surface area contributed by atoms with Gasteiger partial charge in [-0.3, -0.25) is 4.98 Å². The summed E-state index contributed by atoms with van der Waals surface area (Å²) in [4.78, 5) is 7.96. The largest absolute Gasteiger partial charge is 0.396 e. The molecule has 0 aliphatic carbocycles. The number of nitrogens with one attached hydrogen (secondary N) is 3. The number of thioether (sulfide) groups is 4. The van der Waals surface area contributed by atoms with E-state index in [0.717, 1.165) is 24.3 Å². The molecule has 99 heavy (non-hydrogen) atoms. The molecule has 0 spiro atoms. The molecule has 7 aromatic rings. The van der Waals surface area contributed by atoms with Crippen LogP contribution in [-0.4, -0.2) is 182 Å². The van der Waals surface area contributed by atoms with Crippen LogP contribution in [0.15, 0.2) is 43.8 Å². The SMILES string of the molecule is OCCSc1c(F)c(F)c(-c2c3nc(c(-c4c(F)c(F)c(S[C@@H]5O[C@H](CO)[C@@H](O)[C@H](O)[C@H]5O)c(F)c4F)c4ccc([nH]4)c(-c4c(F)c(F)c(SCCO)c(F)c4F)c4nc(c(-c5c(F)c(F)c(S[C@@H]6O[C@H](CO)[C@@H](O)[C@H](O)[C@H]6O)c(F)c5F)c5ccc2[nH]5)[C@H]2CNC[C@@H]42)C=C3)c(F)c1F. The van der Waals surface area contributed by atoms with Crippen molar-refractivity contribution in [1.29, 1.82) is 0 Å². The monoisotopic (exact) mass is 1490 g/mol. The molecular weight excluding hydrogens is 1440 g/mol. The second-order valence-corrected chi connectivity index (χ2v) is 27.1. The van der Waals surface area contributed by atoms with Gasteiger partial charge in [-0.15, -0.1) is 23.5 Å². The first-order valence-electron chi connectivity index (χ1n) is 29.2. The van der Waals surface area contributed by atoms with Crippen LogP contribution in [0.3, 0.4) is 0 Å². The molecule has 3 saturated heterocycles. The molecular formula is C62H47F16N5O12S4. The van der Waals surface area contributed by atoms with Crippen molar-refractivity contribution < 1.29 is 131 Å². The summed E-state index contributed by atoms with van der Waals surface area (Å²) in [5.41, 5.74) is -22.5. The fraction of sp³-hybridized carbons (Fsp3) is 0.323. The summed E-state index contributed by atoms with van der Waals surface area (Å²) < 4.78 is 283. The molecule has 5 aliphatic rings. The number of nitrogens with zero attached hydrogens (tertiary/aromatic N) is 2. The Labute approximate surface area is 561 Å². The van der Waals surface area contributed by atoms with Gasteiger partial charge in [-0.05, 0) is 36.4 Å². The van der Waals surface area contributed by atoms with Crippen LogP contribution in [0.4, 0.5) is 70.2 Å². The van der Waals surface area contributed by atoms with E-state index in [4.69, 9.17) is 9.47 Å². The van der Waals surface area contributed by atoms with Gasteiger partial charge in [0.05, 0.1) is 91.0 Å². The maximum atomic E-state index is 17.6. The minimum Gasteiger partial charge on any atom is -0.396 e. The predicted molar refractivity (Wildman–Crippen MR) is 324 cm³/mol. The molecule has 12 rings (SSSR count). The number of H-pyrrole nitrogens is 2. The number of ether oxygens (including phenoxy) is 2. The number of hydrogen-bond donors (Lipinski definition) is 13. The highest BCUT2D eigenvalue weighted by Gasteiger charge is 2.49. The Balaban J connectivity index is 1.24. The first-order valence-corrected chi connectivity index (χ1v) is 32.9. The summed E-state index contributed by atoms with van der Waals surface area (Å²) in [5, 5.41) is 105. The van der Waals surface area contributed by atoms with E-state index < -0.39 is 325 Å². The molecule has 17 nitrogen and oxygen atoms in total. The van der Waals surface area contributed by atoms with Crippen LogP contribution < -0.4 is 5.32 Å². The van der Waals surface area contributed by atoms with Gasteiger partial charge in [0, 0.05) is 80.8 Å². The van der Waals surface area contributed by atoms with Crippen LogP contribution in [-0.2, 0) is 9.47 Å². The Hall–Kier alpha value is -6.50. The summed E-state index contributed by atoms with van der Waals surface area (Å²) in [5.74, 6) is -40.3. The Morgan fingerprint density at radius 1 is 0.364 bits per heavy atom. The van der Waals surface area contributed by atoms with Gasteiger partial charge < -0.3 is 75.8 Å². The van der Waals surface area contributed by atoms with Gasteiger partial charge in [0.15, 0.2) is 93.1 Å². The van der Waals surface area contributed by atoms with Crippen molar-refractivity contribution in [1.82, 2.24) is 25.3 Å². The average Bonchev–Trinajstić information content (AvgIpc) is 1.61. The molecule has 0 radical (unpaired) electrons. The third-order valence-electron chi connectivity index (χ3n) is 17.0. The number of aromatic amines is 2. The van der Waals surface area contributed by atoms with Crippen molar-refractivity contribution in [2.45, 2.75) is 91.1 Å². The van der Waals surface area contributed by atoms with Gasteiger partial charge in [0.2, 0.25) is 0 Å². The molecule has 5 aliphatic heterocycles. The quantitative estimate of drug-likeness (QED) is 0.0244. The van der Waals surface area contributed by atoms with Crippen molar-refractivity contribution in [2.24, 2.45) is 0 Å². The highest BCUT2D eigenvalue weighted by molar-refractivity contribution is 8.00. The summed E-state index contributed by atoms with van der Waals surface area (Å²) >= 11 is -0.403. The van der Waals surface area contributed by atoms with Crippen molar-refractivity contribution in [3.8, 4) is 44.5 Å². The topological polar surface area (TPSA) is 290 Å². The zero-order valence-corrected chi connectivity index (χ0v) is 52.7. The molecule has 3 fully saturated rings. The molecule has 8 heterocycles. The van der Waals surface area contributed by atoms with Gasteiger partial charge in [0.1, 0.15) is 59.7 Å². The molecule has 528 valence electrons. The zero-order valence-electron chi connectivity index (χ0n) is 49.4. The van der Waals surface area contributed by atoms with E-state index in [9.17, 15) is 51.1 Å². The van der Waals surface area contributed by atoms with Crippen molar-refractivity contribution in [2.75, 3.05) is 51.0 Å². The number of aromatic nitrogens is 4. The predicted octanol–water partition coefficient (Wildman–Crippen LogP) is 8.80. The Morgan fingerprint density at radius 2 is 0.657 bits per heavy atom. The number of fused-ring (bicyclic) bond motifs is 11. The molecule has 0 amide bonds. The third-order valence-corrected chi connectivity index (χ3v) is 21.5. The lowest BCUT2D eigenvalue weighted by Crippen LogP contribution is -2.57. The van der Waals surface area contributed by atoms with E-state index in [-0.39, 0.29) is 47.0 Å². The number of aliphatic hydroxyl groups is 10. The van der Waals surface area contributed by atoms with Crippen LogP contribution in [0.5, 0.6) is 0 Å². The summed E-state index contributed by atoms with van der Waals surface area (Å²) in [6.45, 7) is -4.67. The fourth-order valence-electron chi connectivity index (χ4n) is 12.3. The summed E-state index contributed by atoms with van der Waals surface area (Å²) in [7, 11) is 0. The maximum absolute atomic E-state index is 17.6. The van der Waals surface area contributed by atoms with Crippen molar-refractivity contribution >= 4 is 81.3 Å². The smallest absolute Gasteiger partial charge is 0.176 e. The molecule has 12 atom stereocenters. The standard InChI is InChI=1S/C62H47F16N5O12S4/c63-33-29(34(64)42(72)57(41(33)71)96-9-7-84)25-17-1-2-18(80-17)26(30-35(65)45(75)59(46(76)36(30)66)98-61-55(92)53(90)51(88)23(13-86)94-61)20-4-5-21(82-20)27(31-37(67)43(73)58(97-10-8-85)44(74)38(31)68)49-15-11-79-12-16(15)50(83-49)28(22-6-3-19(25)81-22)32-39(69)47(77)60(48(78)40(32)70)99-62-56(93)54(91)52(89)24(14-87)95-62/h1-6,15-16,23-24,51-56,61-62,79,81-82,84-93H,7-14H2/t15-,16+,23-,24-,51-,52-,53+,54+,55-,56-,61+,62+/m1/s1. The van der Waals surface area contributed by atoms with Crippen LogP contribution in [0.25, 0.3) is 78.7 Å². The Kier molecular flexibility index (Phi) is 20.7. The Bertz CT molecular complexity index is 4540. The van der Waals surface area contributed by atoms with Crippen molar-refractivity contribution in [3.63, 3.8) is 0 Å². The second kappa shape index (κ2) is 28.4. The second-order valence-electron chi connectivity index (χ2n) is 22.7. The Morgan fingerprint density at radius 3 is 0.960 bits per heavy atom. The molecule has 4 aromatic carbocycles. The number of hydrogen-bond acceptors (Lipinski definition) is 19. The number of benzene rings is 4. The van der Waals surface area contributed by atoms with Gasteiger partial charge in [-0.1, -0.05) is 23.5 Å². The molecule has 3 aromatic heterocycles. The number of halogens is 16. The van der Waals surface area contributed by atoms with Crippen molar-refractivity contribution in [3.05, 3.63) is 140 Å². The third kappa shape index (κ3) is 12.1. The highest BCUT2D eigenvalue weighted by Crippen LogP contribution is 2.53. The summed E-state index contributed by atoms with van der Waals surface area (Å²) in [6.07, 6.45) is -15.1. The summed E-state index contributed by atoms with van der Waals surface area (Å²) in [6, 6.07) is 3.07. The lowest BCUT2D eigenvalue weighted by molar-refractivity contribution is -0.205. The molecule has 0 saturated carbocycles. The van der Waals surface area contributed by atoms with Crippen LogP contribution in [0, 0.1) is 93.1 Å². The van der Waals surface area contributed by atoms with Gasteiger partial charge in [0.25, 0.3) is 0 Å².